The Bertz CT molecular complexity index is 940. The molecule has 156 valence electrons. The largest absolute Gasteiger partial charge is 0.494 e. The number of hydrogen-bond acceptors (Lipinski definition) is 6. The van der Waals surface area contributed by atoms with Crippen LogP contribution in [0.5, 0.6) is 5.75 Å². The van der Waals surface area contributed by atoms with Crippen LogP contribution in [0.3, 0.4) is 0 Å². The molecule has 1 amide bonds. The number of carbonyl (C=O) groups is 2. The third-order valence-electron chi connectivity index (χ3n) is 3.87. The summed E-state index contributed by atoms with van der Waals surface area (Å²) in [5.74, 6) is -0.385. The van der Waals surface area contributed by atoms with E-state index >= 15 is 0 Å². The Kier molecular flexibility index (Phi) is 7.60. The molecule has 8 nitrogen and oxygen atoms in total. The molecule has 2 aromatic rings. The SMILES string of the molecule is CCCOc1ccc(N(CC(=O)Nc2ccc(C(=O)OC)cc2)S(C)(=O)=O)cc1. The molecule has 0 saturated heterocycles. The van der Waals surface area contributed by atoms with Crippen molar-refractivity contribution in [1.29, 1.82) is 0 Å². The molecule has 0 atom stereocenters. The van der Waals surface area contributed by atoms with Crippen LogP contribution in [0.2, 0.25) is 0 Å². The average Bonchev–Trinajstić information content (AvgIpc) is 2.70. The van der Waals surface area contributed by atoms with Gasteiger partial charge in [-0.05, 0) is 55.0 Å². The molecule has 2 aromatic carbocycles. The minimum absolute atomic E-state index is 0.341. The van der Waals surface area contributed by atoms with E-state index < -0.39 is 28.4 Å². The van der Waals surface area contributed by atoms with Crippen LogP contribution in [0.4, 0.5) is 11.4 Å². The number of amides is 1. The van der Waals surface area contributed by atoms with E-state index in [1.807, 2.05) is 6.92 Å². The average molecular weight is 420 g/mol. The van der Waals surface area contributed by atoms with Crippen molar-refractivity contribution in [1.82, 2.24) is 0 Å². The number of hydrogen-bond donors (Lipinski definition) is 1. The standard InChI is InChI=1S/C20H24N2O6S/c1-4-13-28-18-11-9-17(10-12-18)22(29(3,25)26)14-19(23)21-16-7-5-15(6-8-16)20(24)27-2/h5-12H,4,13-14H2,1-3H3,(H,21,23). The van der Waals surface area contributed by atoms with Gasteiger partial charge in [0.05, 0.1) is 31.2 Å². The molecule has 29 heavy (non-hydrogen) atoms. The first-order valence-electron chi connectivity index (χ1n) is 8.93. The molecule has 0 aliphatic carbocycles. The lowest BCUT2D eigenvalue weighted by atomic mass is 10.2. The fourth-order valence-electron chi connectivity index (χ4n) is 2.47. The third kappa shape index (κ3) is 6.49. The fraction of sp³-hybridized carbons (Fsp3) is 0.300. The van der Waals surface area contributed by atoms with E-state index in [0.29, 0.717) is 29.3 Å². The summed E-state index contributed by atoms with van der Waals surface area (Å²) in [5, 5.41) is 2.62. The van der Waals surface area contributed by atoms with Gasteiger partial charge in [0.2, 0.25) is 15.9 Å². The van der Waals surface area contributed by atoms with E-state index in [-0.39, 0.29) is 0 Å². The predicted molar refractivity (Wildman–Crippen MR) is 111 cm³/mol. The molecule has 9 heteroatoms. The quantitative estimate of drug-likeness (QED) is 0.626. The Labute approximate surface area is 170 Å². The lowest BCUT2D eigenvalue weighted by molar-refractivity contribution is -0.114. The van der Waals surface area contributed by atoms with Crippen molar-refractivity contribution >= 4 is 33.3 Å². The van der Waals surface area contributed by atoms with Crippen LogP contribution in [-0.2, 0) is 19.6 Å². The van der Waals surface area contributed by atoms with Gasteiger partial charge in [-0.25, -0.2) is 13.2 Å². The highest BCUT2D eigenvalue weighted by Gasteiger charge is 2.21. The van der Waals surface area contributed by atoms with E-state index in [2.05, 4.69) is 10.1 Å². The van der Waals surface area contributed by atoms with Crippen molar-refractivity contribution in [3.63, 3.8) is 0 Å². The Morgan fingerprint density at radius 2 is 1.66 bits per heavy atom. The normalized spacial score (nSPS) is 10.9. The van der Waals surface area contributed by atoms with Crippen LogP contribution in [0.1, 0.15) is 23.7 Å². The second-order valence-electron chi connectivity index (χ2n) is 6.23. The summed E-state index contributed by atoms with van der Waals surface area (Å²) < 4.78 is 35.5. The van der Waals surface area contributed by atoms with Gasteiger partial charge < -0.3 is 14.8 Å². The molecule has 1 N–H and O–H groups in total. The topological polar surface area (TPSA) is 102 Å². The van der Waals surface area contributed by atoms with E-state index in [9.17, 15) is 18.0 Å². The number of sulfonamides is 1. The van der Waals surface area contributed by atoms with Gasteiger partial charge in [0.1, 0.15) is 12.3 Å². The van der Waals surface area contributed by atoms with Gasteiger partial charge in [0, 0.05) is 5.69 Å². The van der Waals surface area contributed by atoms with E-state index in [0.717, 1.165) is 17.0 Å². The molecule has 0 aliphatic heterocycles. The summed E-state index contributed by atoms with van der Waals surface area (Å²) in [6.45, 7) is 2.15. The molecule has 0 aliphatic rings. The molecule has 0 unspecified atom stereocenters. The molecule has 0 bridgehead atoms. The third-order valence-corrected chi connectivity index (χ3v) is 5.02. The Balaban J connectivity index is 2.10. The summed E-state index contributed by atoms with van der Waals surface area (Å²) in [6.07, 6.45) is 1.89. The van der Waals surface area contributed by atoms with Gasteiger partial charge in [0.25, 0.3) is 0 Å². The van der Waals surface area contributed by atoms with Gasteiger partial charge in [-0.1, -0.05) is 6.92 Å². The van der Waals surface area contributed by atoms with Crippen molar-refractivity contribution < 1.29 is 27.5 Å². The lowest BCUT2D eigenvalue weighted by Gasteiger charge is -2.22. The Morgan fingerprint density at radius 3 is 2.17 bits per heavy atom. The molecule has 0 spiro atoms. The smallest absolute Gasteiger partial charge is 0.337 e. The predicted octanol–water partition coefficient (Wildman–Crippen LogP) is 2.67. The van der Waals surface area contributed by atoms with Gasteiger partial charge in [-0.3, -0.25) is 9.10 Å². The number of methoxy groups -OCH3 is 1. The lowest BCUT2D eigenvalue weighted by Crippen LogP contribution is -2.37. The van der Waals surface area contributed by atoms with Crippen LogP contribution < -0.4 is 14.4 Å². The molecule has 0 radical (unpaired) electrons. The van der Waals surface area contributed by atoms with Crippen LogP contribution in [0.25, 0.3) is 0 Å². The maximum absolute atomic E-state index is 12.4. The highest BCUT2D eigenvalue weighted by atomic mass is 32.2. The van der Waals surface area contributed by atoms with Crippen molar-refractivity contribution in [2.75, 3.05) is 36.1 Å². The number of benzene rings is 2. The zero-order valence-corrected chi connectivity index (χ0v) is 17.4. The minimum Gasteiger partial charge on any atom is -0.494 e. The van der Waals surface area contributed by atoms with Gasteiger partial charge in [0.15, 0.2) is 0 Å². The maximum Gasteiger partial charge on any atom is 0.337 e. The van der Waals surface area contributed by atoms with Crippen LogP contribution >= 0.6 is 0 Å². The molecule has 0 aromatic heterocycles. The van der Waals surface area contributed by atoms with E-state index in [1.54, 1.807) is 24.3 Å². The Hall–Kier alpha value is -3.07. The number of carbonyl (C=O) groups excluding carboxylic acids is 2. The first kappa shape index (κ1) is 22.2. The number of nitrogens with zero attached hydrogens (tertiary/aromatic N) is 1. The van der Waals surface area contributed by atoms with Crippen molar-refractivity contribution in [2.45, 2.75) is 13.3 Å². The molecule has 0 fully saturated rings. The number of ether oxygens (including phenoxy) is 2. The second-order valence-corrected chi connectivity index (χ2v) is 8.14. The molecule has 0 saturated carbocycles. The number of rotatable bonds is 9. The monoisotopic (exact) mass is 420 g/mol. The summed E-state index contributed by atoms with van der Waals surface area (Å²) in [6, 6.07) is 12.6. The second kappa shape index (κ2) is 9.92. The van der Waals surface area contributed by atoms with Crippen LogP contribution in [0, 0.1) is 0 Å². The van der Waals surface area contributed by atoms with Gasteiger partial charge in [-0.2, -0.15) is 0 Å². The first-order valence-corrected chi connectivity index (χ1v) is 10.8. The Morgan fingerprint density at radius 1 is 1.03 bits per heavy atom. The van der Waals surface area contributed by atoms with Gasteiger partial charge in [-0.15, -0.1) is 0 Å². The maximum atomic E-state index is 12.4. The number of nitrogens with one attached hydrogen (secondary N) is 1. The van der Waals surface area contributed by atoms with E-state index in [4.69, 9.17) is 4.74 Å². The fourth-order valence-corrected chi connectivity index (χ4v) is 3.32. The number of anilines is 2. The molecule has 2 rings (SSSR count). The summed E-state index contributed by atoms with van der Waals surface area (Å²) in [7, 11) is -2.41. The number of esters is 1. The van der Waals surface area contributed by atoms with Crippen LogP contribution in [-0.4, -0.2) is 46.8 Å². The molecular formula is C20H24N2O6S. The zero-order valence-electron chi connectivity index (χ0n) is 16.5. The van der Waals surface area contributed by atoms with Crippen molar-refractivity contribution in [2.24, 2.45) is 0 Å². The van der Waals surface area contributed by atoms with E-state index in [1.165, 1.54) is 31.4 Å². The van der Waals surface area contributed by atoms with Gasteiger partial charge >= 0.3 is 5.97 Å². The summed E-state index contributed by atoms with van der Waals surface area (Å²) in [5.41, 5.74) is 1.13. The molecular weight excluding hydrogens is 396 g/mol. The summed E-state index contributed by atoms with van der Waals surface area (Å²) >= 11 is 0. The zero-order chi connectivity index (χ0) is 21.4. The highest BCUT2D eigenvalue weighted by molar-refractivity contribution is 7.92. The minimum atomic E-state index is -3.69. The first-order chi connectivity index (χ1) is 13.7. The van der Waals surface area contributed by atoms with Crippen molar-refractivity contribution in [3.8, 4) is 5.75 Å². The van der Waals surface area contributed by atoms with Crippen LogP contribution in [0.15, 0.2) is 48.5 Å². The summed E-state index contributed by atoms with van der Waals surface area (Å²) in [4.78, 5) is 23.8. The molecule has 0 heterocycles. The van der Waals surface area contributed by atoms with Crippen molar-refractivity contribution in [3.05, 3.63) is 54.1 Å². The highest BCUT2D eigenvalue weighted by Crippen LogP contribution is 2.22.